The Morgan fingerprint density at radius 1 is 1.47 bits per heavy atom. The quantitative estimate of drug-likeness (QED) is 0.890. The molecule has 1 aliphatic heterocycles. The highest BCUT2D eigenvalue weighted by Gasteiger charge is 2.34. The molecule has 1 saturated heterocycles. The number of carbonyl (C=O) groups excluding carboxylic acids is 2. The van der Waals surface area contributed by atoms with Gasteiger partial charge >= 0.3 is 6.09 Å². The van der Waals surface area contributed by atoms with E-state index in [1.807, 2.05) is 0 Å². The molecule has 2 rings (SSSR count). The first-order chi connectivity index (χ1) is 9.11. The molecule has 19 heavy (non-hydrogen) atoms. The Morgan fingerprint density at radius 3 is 2.95 bits per heavy atom. The molecule has 0 radical (unpaired) electrons. The lowest BCUT2D eigenvalue weighted by atomic mass is 10.2. The maximum Gasteiger partial charge on any atom is 0.410 e. The fourth-order valence-corrected chi connectivity index (χ4v) is 2.17. The lowest BCUT2D eigenvalue weighted by molar-refractivity contribution is -0.119. The summed E-state index contributed by atoms with van der Waals surface area (Å²) in [6.07, 6.45) is 0.809. The second kappa shape index (κ2) is 5.69. The third kappa shape index (κ3) is 3.01. The predicted octanol–water partition coefficient (Wildman–Crippen LogP) is 1.99. The molecule has 102 valence electrons. The van der Waals surface area contributed by atoms with Crippen LogP contribution in [-0.2, 0) is 9.53 Å². The fraction of sp³-hybridized carbons (Fsp3) is 0.385. The topological polar surface area (TPSA) is 58.6 Å². The smallest absolute Gasteiger partial charge is 0.410 e. The molecule has 1 unspecified atom stereocenters. The largest absolute Gasteiger partial charge is 0.453 e. The molecule has 5 nitrogen and oxygen atoms in total. The van der Waals surface area contributed by atoms with Crippen molar-refractivity contribution >= 4 is 17.7 Å². The number of amides is 2. The van der Waals surface area contributed by atoms with Crippen LogP contribution in [0.25, 0.3) is 0 Å². The van der Waals surface area contributed by atoms with Gasteiger partial charge in [-0.25, -0.2) is 9.18 Å². The minimum atomic E-state index is -0.560. The molecule has 0 saturated carbocycles. The number of halogens is 1. The predicted molar refractivity (Wildman–Crippen MR) is 67.2 cm³/mol. The number of likely N-dealkylation sites (tertiary alicyclic amines) is 1. The van der Waals surface area contributed by atoms with E-state index < -0.39 is 18.0 Å². The molecule has 0 bridgehead atoms. The van der Waals surface area contributed by atoms with E-state index in [1.54, 1.807) is 6.07 Å². The minimum Gasteiger partial charge on any atom is -0.453 e. The van der Waals surface area contributed by atoms with E-state index in [0.29, 0.717) is 18.7 Å². The lowest BCUT2D eigenvalue weighted by Crippen LogP contribution is -2.43. The van der Waals surface area contributed by atoms with Gasteiger partial charge in [0.05, 0.1) is 7.11 Å². The molecule has 0 aromatic heterocycles. The Hall–Kier alpha value is -2.11. The number of methoxy groups -OCH3 is 1. The van der Waals surface area contributed by atoms with Crippen LogP contribution in [0.2, 0.25) is 0 Å². The summed E-state index contributed by atoms with van der Waals surface area (Å²) in [6.45, 7) is 0.494. The van der Waals surface area contributed by atoms with E-state index in [9.17, 15) is 14.0 Å². The summed E-state index contributed by atoms with van der Waals surface area (Å²) in [4.78, 5) is 25.0. The normalized spacial score (nSPS) is 18.2. The van der Waals surface area contributed by atoms with Crippen LogP contribution in [0.3, 0.4) is 0 Å². The van der Waals surface area contributed by atoms with E-state index in [0.717, 1.165) is 6.42 Å². The molecule has 0 aliphatic carbocycles. The van der Waals surface area contributed by atoms with Crippen molar-refractivity contribution in [3.8, 4) is 0 Å². The highest BCUT2D eigenvalue weighted by molar-refractivity contribution is 5.96. The van der Waals surface area contributed by atoms with E-state index in [1.165, 1.54) is 30.2 Å². The number of nitrogens with one attached hydrogen (secondary N) is 1. The van der Waals surface area contributed by atoms with Gasteiger partial charge in [-0.05, 0) is 31.0 Å². The molecular weight excluding hydrogens is 251 g/mol. The summed E-state index contributed by atoms with van der Waals surface area (Å²) < 4.78 is 17.6. The Morgan fingerprint density at radius 2 is 2.26 bits per heavy atom. The van der Waals surface area contributed by atoms with Crippen LogP contribution < -0.4 is 5.32 Å². The maximum absolute atomic E-state index is 13.0. The molecule has 1 atom stereocenters. The van der Waals surface area contributed by atoms with E-state index >= 15 is 0 Å². The minimum absolute atomic E-state index is 0.325. The highest BCUT2D eigenvalue weighted by Crippen LogP contribution is 2.20. The van der Waals surface area contributed by atoms with Crippen LogP contribution >= 0.6 is 0 Å². The number of anilines is 1. The van der Waals surface area contributed by atoms with Crippen LogP contribution in [-0.4, -0.2) is 36.6 Å². The lowest BCUT2D eigenvalue weighted by Gasteiger charge is -2.22. The SMILES string of the molecule is COC(=O)N1CCCC1C(=O)Nc1cccc(F)c1. The molecule has 1 aromatic rings. The summed E-state index contributed by atoms with van der Waals surface area (Å²) >= 11 is 0. The summed E-state index contributed by atoms with van der Waals surface area (Å²) in [5, 5.41) is 2.61. The summed E-state index contributed by atoms with van der Waals surface area (Å²) in [5.74, 6) is -0.748. The van der Waals surface area contributed by atoms with Crippen LogP contribution in [0.15, 0.2) is 24.3 Å². The zero-order chi connectivity index (χ0) is 13.8. The van der Waals surface area contributed by atoms with Crippen molar-refractivity contribution in [2.75, 3.05) is 19.0 Å². The molecule has 1 fully saturated rings. The standard InChI is InChI=1S/C13H15FN2O3/c1-19-13(18)16-7-3-6-11(16)12(17)15-10-5-2-4-9(14)8-10/h2,4-5,8,11H,3,6-7H2,1H3,(H,15,17). The van der Waals surface area contributed by atoms with Gasteiger partial charge in [0.15, 0.2) is 0 Å². The number of nitrogens with zero attached hydrogens (tertiary/aromatic N) is 1. The van der Waals surface area contributed by atoms with Gasteiger partial charge in [0, 0.05) is 12.2 Å². The van der Waals surface area contributed by atoms with Gasteiger partial charge in [-0.1, -0.05) is 6.07 Å². The second-order valence-electron chi connectivity index (χ2n) is 4.32. The third-order valence-electron chi connectivity index (χ3n) is 3.06. The first-order valence-electron chi connectivity index (χ1n) is 6.03. The zero-order valence-corrected chi connectivity index (χ0v) is 10.6. The zero-order valence-electron chi connectivity index (χ0n) is 10.6. The third-order valence-corrected chi connectivity index (χ3v) is 3.06. The number of hydrogen-bond acceptors (Lipinski definition) is 3. The van der Waals surface area contributed by atoms with Gasteiger partial charge in [0.1, 0.15) is 11.9 Å². The van der Waals surface area contributed by atoms with E-state index in [2.05, 4.69) is 10.1 Å². The molecule has 1 aliphatic rings. The van der Waals surface area contributed by atoms with Crippen molar-refractivity contribution in [3.05, 3.63) is 30.1 Å². The first-order valence-corrected chi connectivity index (χ1v) is 6.03. The Kier molecular flexibility index (Phi) is 3.99. The molecule has 1 N–H and O–H groups in total. The van der Waals surface area contributed by atoms with Crippen molar-refractivity contribution in [1.29, 1.82) is 0 Å². The summed E-state index contributed by atoms with van der Waals surface area (Å²) in [5.41, 5.74) is 0.377. The van der Waals surface area contributed by atoms with Gasteiger partial charge in [-0.15, -0.1) is 0 Å². The van der Waals surface area contributed by atoms with Crippen LogP contribution in [0.1, 0.15) is 12.8 Å². The number of rotatable bonds is 2. The highest BCUT2D eigenvalue weighted by atomic mass is 19.1. The molecule has 1 heterocycles. The number of hydrogen-bond donors (Lipinski definition) is 1. The van der Waals surface area contributed by atoms with Crippen molar-refractivity contribution in [2.45, 2.75) is 18.9 Å². The van der Waals surface area contributed by atoms with Crippen molar-refractivity contribution in [3.63, 3.8) is 0 Å². The van der Waals surface area contributed by atoms with Crippen molar-refractivity contribution in [1.82, 2.24) is 4.90 Å². The summed E-state index contributed by atoms with van der Waals surface area (Å²) in [7, 11) is 1.28. The van der Waals surface area contributed by atoms with Crippen LogP contribution in [0, 0.1) is 5.82 Å². The average Bonchev–Trinajstić information content (AvgIpc) is 2.87. The van der Waals surface area contributed by atoms with Crippen LogP contribution in [0.5, 0.6) is 0 Å². The van der Waals surface area contributed by atoms with Crippen LogP contribution in [0.4, 0.5) is 14.9 Å². The molecule has 1 aromatic carbocycles. The maximum atomic E-state index is 13.0. The van der Waals surface area contributed by atoms with Gasteiger partial charge in [-0.3, -0.25) is 9.69 Å². The molecule has 0 spiro atoms. The number of ether oxygens (including phenoxy) is 1. The van der Waals surface area contributed by atoms with Gasteiger partial charge in [0.25, 0.3) is 0 Å². The van der Waals surface area contributed by atoms with Gasteiger partial charge in [0.2, 0.25) is 5.91 Å². The summed E-state index contributed by atoms with van der Waals surface area (Å²) in [6, 6.07) is 5.08. The first kappa shape index (κ1) is 13.3. The van der Waals surface area contributed by atoms with E-state index in [4.69, 9.17) is 0 Å². The second-order valence-corrected chi connectivity index (χ2v) is 4.32. The van der Waals surface area contributed by atoms with Crippen molar-refractivity contribution in [2.24, 2.45) is 0 Å². The molecule has 6 heteroatoms. The Balaban J connectivity index is 2.05. The average molecular weight is 266 g/mol. The monoisotopic (exact) mass is 266 g/mol. The van der Waals surface area contributed by atoms with E-state index in [-0.39, 0.29) is 5.91 Å². The number of carbonyl (C=O) groups is 2. The van der Waals surface area contributed by atoms with Gasteiger partial charge < -0.3 is 10.1 Å². The fourth-order valence-electron chi connectivity index (χ4n) is 2.17. The Bertz CT molecular complexity index is 493. The molecule has 2 amide bonds. The molecular formula is C13H15FN2O3. The Labute approximate surface area is 110 Å². The van der Waals surface area contributed by atoms with Crippen molar-refractivity contribution < 1.29 is 18.7 Å². The number of benzene rings is 1. The van der Waals surface area contributed by atoms with Gasteiger partial charge in [-0.2, -0.15) is 0 Å².